The lowest BCUT2D eigenvalue weighted by atomic mass is 9.94. The Bertz CT molecular complexity index is 1880. The van der Waals surface area contributed by atoms with Crippen molar-refractivity contribution in [3.05, 3.63) is 106 Å². The van der Waals surface area contributed by atoms with Crippen LogP contribution in [0, 0.1) is 11.6 Å². The van der Waals surface area contributed by atoms with Crippen molar-refractivity contribution in [3.8, 4) is 11.1 Å². The van der Waals surface area contributed by atoms with Gasteiger partial charge in [-0.05, 0) is 68.7 Å². The van der Waals surface area contributed by atoms with Crippen LogP contribution in [0.4, 0.5) is 26.7 Å². The number of nitrogens with zero attached hydrogens (tertiary/aromatic N) is 4. The highest BCUT2D eigenvalue weighted by Crippen LogP contribution is 2.37. The fraction of sp³-hybridized carbons (Fsp3) is 0.324. The number of hydrogen-bond acceptors (Lipinski definition) is 6. The van der Waals surface area contributed by atoms with Crippen LogP contribution < -0.4 is 10.6 Å². The molecule has 0 saturated carbocycles. The molecule has 2 aromatic carbocycles. The lowest BCUT2D eigenvalue weighted by molar-refractivity contribution is -0.142. The molecule has 0 unspecified atom stereocenters. The van der Waals surface area contributed by atoms with E-state index in [1.807, 2.05) is 0 Å². The van der Waals surface area contributed by atoms with Gasteiger partial charge in [-0.25, -0.2) is 13.6 Å². The minimum absolute atomic E-state index is 0.0154. The molecular weight excluding hydrogens is 651 g/mol. The first-order valence-electron chi connectivity index (χ1n) is 15.2. The van der Waals surface area contributed by atoms with Crippen LogP contribution in [0.3, 0.4) is 0 Å². The Labute approximate surface area is 278 Å². The molecule has 1 aliphatic heterocycles. The second-order valence-electron chi connectivity index (χ2n) is 12.5. The van der Waals surface area contributed by atoms with E-state index in [0.29, 0.717) is 22.8 Å². The van der Waals surface area contributed by atoms with Gasteiger partial charge in [-0.2, -0.15) is 18.3 Å². The van der Waals surface area contributed by atoms with Gasteiger partial charge in [0.15, 0.2) is 5.69 Å². The van der Waals surface area contributed by atoms with E-state index < -0.39 is 60.2 Å². The monoisotopic (exact) mass is 684 g/mol. The molecule has 49 heavy (non-hydrogen) atoms. The van der Waals surface area contributed by atoms with Gasteiger partial charge in [0.1, 0.15) is 23.8 Å². The second-order valence-corrected chi connectivity index (χ2v) is 12.5. The van der Waals surface area contributed by atoms with Gasteiger partial charge in [-0.3, -0.25) is 24.2 Å². The average molecular weight is 685 g/mol. The zero-order valence-corrected chi connectivity index (χ0v) is 27.0. The number of aromatic nitrogens is 3. The minimum atomic E-state index is -4.87. The molecule has 1 atom stereocenters. The molecule has 15 heteroatoms. The highest BCUT2D eigenvalue weighted by molar-refractivity contribution is 5.95. The van der Waals surface area contributed by atoms with E-state index in [0.717, 1.165) is 21.7 Å². The predicted octanol–water partition coefficient (Wildman–Crippen LogP) is 5.95. The van der Waals surface area contributed by atoms with Gasteiger partial charge < -0.3 is 15.4 Å². The highest BCUT2D eigenvalue weighted by atomic mass is 19.4. The van der Waals surface area contributed by atoms with Crippen molar-refractivity contribution >= 4 is 17.9 Å². The fourth-order valence-electron chi connectivity index (χ4n) is 5.59. The summed E-state index contributed by atoms with van der Waals surface area (Å²) in [4.78, 5) is 44.2. The maximum atomic E-state index is 14.2. The first-order chi connectivity index (χ1) is 23.0. The van der Waals surface area contributed by atoms with E-state index >= 15 is 0 Å². The summed E-state index contributed by atoms with van der Waals surface area (Å²) in [5.74, 6) is -2.82. The smallest absolute Gasteiger partial charge is 0.435 e. The fourth-order valence-corrected chi connectivity index (χ4v) is 5.59. The Morgan fingerprint density at radius 2 is 1.69 bits per heavy atom. The molecule has 5 rings (SSSR count). The van der Waals surface area contributed by atoms with Gasteiger partial charge in [0, 0.05) is 36.0 Å². The molecule has 3 amide bonds. The molecule has 3 heterocycles. The van der Waals surface area contributed by atoms with Gasteiger partial charge in [0.05, 0.1) is 30.5 Å². The van der Waals surface area contributed by atoms with Crippen molar-refractivity contribution < 1.29 is 41.1 Å². The summed E-state index contributed by atoms with van der Waals surface area (Å²) < 4.78 is 76.7. The molecule has 0 spiro atoms. The molecule has 0 fully saturated rings. The number of carbonyl (C=O) groups is 3. The van der Waals surface area contributed by atoms with Gasteiger partial charge in [0.2, 0.25) is 5.91 Å². The number of hydrogen-bond donors (Lipinski definition) is 2. The largest absolute Gasteiger partial charge is 0.444 e. The number of fused-ring (bicyclic) bond motifs is 1. The highest BCUT2D eigenvalue weighted by Gasteiger charge is 2.43. The number of benzene rings is 2. The topological polar surface area (TPSA) is 118 Å². The Morgan fingerprint density at radius 1 is 0.980 bits per heavy atom. The molecule has 1 aliphatic rings. The number of halogens is 5. The number of nitrogens with one attached hydrogen (secondary N) is 2. The molecule has 258 valence electrons. The van der Waals surface area contributed by atoms with Crippen molar-refractivity contribution in [1.82, 2.24) is 30.3 Å². The lowest BCUT2D eigenvalue weighted by Gasteiger charge is -2.24. The number of ether oxygens (including phenoxy) is 1. The minimum Gasteiger partial charge on any atom is -0.444 e. The van der Waals surface area contributed by atoms with E-state index in [9.17, 15) is 36.3 Å². The third-order valence-electron chi connectivity index (χ3n) is 7.60. The van der Waals surface area contributed by atoms with E-state index in [1.165, 1.54) is 13.2 Å². The van der Waals surface area contributed by atoms with Gasteiger partial charge in [-0.1, -0.05) is 18.2 Å². The number of pyridine rings is 1. The summed E-state index contributed by atoms with van der Waals surface area (Å²) >= 11 is 0. The van der Waals surface area contributed by atoms with Gasteiger partial charge >= 0.3 is 12.3 Å². The molecule has 0 saturated heterocycles. The third-order valence-corrected chi connectivity index (χ3v) is 7.60. The summed E-state index contributed by atoms with van der Waals surface area (Å²) in [6.07, 6.45) is -4.39. The van der Waals surface area contributed by atoms with Crippen LogP contribution in [0.15, 0.2) is 60.8 Å². The Morgan fingerprint density at radius 3 is 2.35 bits per heavy atom. The molecule has 2 N–H and O–H groups in total. The van der Waals surface area contributed by atoms with Crippen LogP contribution in [-0.4, -0.2) is 50.2 Å². The zero-order valence-electron chi connectivity index (χ0n) is 27.0. The zero-order chi connectivity index (χ0) is 35.7. The van der Waals surface area contributed by atoms with Crippen LogP contribution in [0.25, 0.3) is 11.1 Å². The number of amides is 3. The maximum absolute atomic E-state index is 14.2. The van der Waals surface area contributed by atoms with Crippen molar-refractivity contribution in [2.45, 2.75) is 64.6 Å². The lowest BCUT2D eigenvalue weighted by Crippen LogP contribution is -2.35. The molecular formula is C34H33F5N6O4. The molecule has 0 aliphatic carbocycles. The average Bonchev–Trinajstić information content (AvgIpc) is 3.59. The Balaban J connectivity index is 1.49. The standard InChI is InChI=1S/C34H33F5N6O4/c1-33(2,3)49-32(48)44-16-25-27(17-44)45(43-30(25)34(37,38)39)18-28(46)42-26(13-19-11-22(35)15-23(36)12-19)29-24(9-6-10-41-29)20-7-5-8-21(14-20)31(47)40-4/h5-12,14-15,26H,13,16-18H2,1-4H3,(H,40,47)(H,42,46)/t26-/m0/s1. The Hall–Kier alpha value is -5.34. The number of carbonyl (C=O) groups excluding carboxylic acids is 3. The summed E-state index contributed by atoms with van der Waals surface area (Å²) in [7, 11) is 1.48. The van der Waals surface area contributed by atoms with Crippen LogP contribution in [-0.2, 0) is 41.8 Å². The summed E-state index contributed by atoms with van der Waals surface area (Å²) in [6, 6.07) is 11.8. The van der Waals surface area contributed by atoms with Crippen LogP contribution in [0.5, 0.6) is 0 Å². The summed E-state index contributed by atoms with van der Waals surface area (Å²) in [5.41, 5.74) is -0.523. The van der Waals surface area contributed by atoms with Crippen molar-refractivity contribution in [1.29, 1.82) is 0 Å². The van der Waals surface area contributed by atoms with Gasteiger partial charge in [0.25, 0.3) is 5.91 Å². The number of alkyl halides is 3. The molecule has 2 aromatic heterocycles. The van der Waals surface area contributed by atoms with E-state index in [2.05, 4.69) is 20.7 Å². The maximum Gasteiger partial charge on any atom is 0.435 e. The van der Waals surface area contributed by atoms with Gasteiger partial charge in [-0.15, -0.1) is 0 Å². The van der Waals surface area contributed by atoms with E-state index in [-0.39, 0.29) is 41.4 Å². The van der Waals surface area contributed by atoms with Crippen molar-refractivity contribution in [2.75, 3.05) is 7.05 Å². The van der Waals surface area contributed by atoms with Crippen LogP contribution in [0.1, 0.15) is 65.4 Å². The van der Waals surface area contributed by atoms with E-state index in [4.69, 9.17) is 4.74 Å². The van der Waals surface area contributed by atoms with Crippen LogP contribution >= 0.6 is 0 Å². The quantitative estimate of drug-likeness (QED) is 0.222. The number of rotatable bonds is 8. The van der Waals surface area contributed by atoms with Crippen LogP contribution in [0.2, 0.25) is 0 Å². The molecule has 0 bridgehead atoms. The first kappa shape index (κ1) is 35.0. The van der Waals surface area contributed by atoms with E-state index in [1.54, 1.807) is 57.2 Å². The van der Waals surface area contributed by atoms with Crippen molar-refractivity contribution in [2.24, 2.45) is 0 Å². The third kappa shape index (κ3) is 8.21. The second kappa shape index (κ2) is 13.6. The molecule has 4 aromatic rings. The summed E-state index contributed by atoms with van der Waals surface area (Å²) in [5, 5.41) is 9.00. The normalized spacial score (nSPS) is 13.5. The first-order valence-corrected chi connectivity index (χ1v) is 15.2. The Kier molecular flexibility index (Phi) is 9.74. The van der Waals surface area contributed by atoms with Crippen molar-refractivity contribution in [3.63, 3.8) is 0 Å². The summed E-state index contributed by atoms with van der Waals surface area (Å²) in [6.45, 7) is 3.51. The molecule has 0 radical (unpaired) electrons. The predicted molar refractivity (Wildman–Crippen MR) is 167 cm³/mol. The molecule has 10 nitrogen and oxygen atoms in total. The SMILES string of the molecule is CNC(=O)c1cccc(-c2cccnc2[C@H](Cc2cc(F)cc(F)c2)NC(=O)Cn2nc(C(F)(F)F)c3c2CN(C(=O)OC(C)(C)C)C3)c1.